The molecule has 0 aliphatic carbocycles. The number of aryl methyl sites for hydroxylation is 2. The van der Waals surface area contributed by atoms with Gasteiger partial charge in [-0.25, -0.2) is 19.6 Å². The fraction of sp³-hybridized carbons (Fsp3) is 0.346. The maximum atomic E-state index is 12.8. The Labute approximate surface area is 204 Å². The first-order chi connectivity index (χ1) is 17.0. The molecule has 0 radical (unpaired) electrons. The van der Waals surface area contributed by atoms with Crippen LogP contribution in [0.1, 0.15) is 29.7 Å². The Balaban J connectivity index is 1.26. The number of rotatable bonds is 6. The molecule has 9 heteroatoms. The van der Waals surface area contributed by atoms with Crippen LogP contribution in [0.2, 0.25) is 0 Å². The summed E-state index contributed by atoms with van der Waals surface area (Å²) in [6.07, 6.45) is 5.13. The van der Waals surface area contributed by atoms with E-state index in [0.29, 0.717) is 5.65 Å². The first-order valence-electron chi connectivity index (χ1n) is 11.9. The van der Waals surface area contributed by atoms with Gasteiger partial charge in [0, 0.05) is 32.4 Å². The summed E-state index contributed by atoms with van der Waals surface area (Å²) in [7, 11) is 0. The molecule has 1 amide bonds. The molecule has 0 unspecified atom stereocenters. The molecule has 1 aliphatic rings. The second-order valence-electron chi connectivity index (χ2n) is 9.03. The number of anilines is 2. The average molecular weight is 471 g/mol. The van der Waals surface area contributed by atoms with Crippen molar-refractivity contribution in [3.05, 3.63) is 71.8 Å². The molecule has 1 fully saturated rings. The first kappa shape index (κ1) is 22.8. The van der Waals surface area contributed by atoms with Gasteiger partial charge in [-0.2, -0.15) is 5.10 Å². The molecule has 1 N–H and O–H groups in total. The number of amides is 1. The molecule has 1 saturated heterocycles. The third kappa shape index (κ3) is 4.80. The Hall–Kier alpha value is -4.01. The predicted molar refractivity (Wildman–Crippen MR) is 136 cm³/mol. The monoisotopic (exact) mass is 470 g/mol. The fourth-order valence-corrected chi connectivity index (χ4v) is 4.48. The van der Waals surface area contributed by atoms with E-state index >= 15 is 0 Å². The van der Waals surface area contributed by atoms with Gasteiger partial charge in [0.05, 0.1) is 17.6 Å². The molecular weight excluding hydrogens is 440 g/mol. The number of aromatic nitrogens is 5. The van der Waals surface area contributed by atoms with Crippen LogP contribution in [0, 0.1) is 13.8 Å². The molecule has 4 aromatic rings. The molecule has 0 bridgehead atoms. The van der Waals surface area contributed by atoms with Gasteiger partial charge >= 0.3 is 0 Å². The summed E-state index contributed by atoms with van der Waals surface area (Å²) in [6, 6.07) is 12.1. The largest absolute Gasteiger partial charge is 0.353 e. The van der Waals surface area contributed by atoms with Crippen molar-refractivity contribution in [2.45, 2.75) is 33.4 Å². The number of pyridine rings is 1. The number of nitrogens with zero attached hydrogens (tertiary/aromatic N) is 7. The zero-order valence-electron chi connectivity index (χ0n) is 20.3. The first-order valence-corrected chi connectivity index (χ1v) is 11.9. The third-order valence-electron chi connectivity index (χ3n) is 6.67. The number of benzene rings is 1. The van der Waals surface area contributed by atoms with Gasteiger partial charge in [0.25, 0.3) is 0 Å². The number of piperazine rings is 1. The van der Waals surface area contributed by atoms with Gasteiger partial charge in [-0.05, 0) is 49.6 Å². The van der Waals surface area contributed by atoms with E-state index in [9.17, 15) is 4.79 Å². The summed E-state index contributed by atoms with van der Waals surface area (Å²) in [5.41, 5.74) is 4.20. The lowest BCUT2D eigenvalue weighted by Crippen LogP contribution is -2.47. The van der Waals surface area contributed by atoms with Crippen LogP contribution in [0.3, 0.4) is 0 Å². The van der Waals surface area contributed by atoms with E-state index in [1.807, 2.05) is 31.3 Å². The summed E-state index contributed by atoms with van der Waals surface area (Å²) < 4.78 is 1.65. The molecule has 1 aliphatic heterocycles. The van der Waals surface area contributed by atoms with Crippen LogP contribution in [0.15, 0.2) is 55.1 Å². The van der Waals surface area contributed by atoms with Gasteiger partial charge in [-0.1, -0.05) is 24.3 Å². The number of hydrogen-bond acceptors (Lipinski definition) is 7. The molecular formula is C26H30N8O. The van der Waals surface area contributed by atoms with Gasteiger partial charge < -0.3 is 15.1 Å². The lowest BCUT2D eigenvalue weighted by Gasteiger charge is -2.36. The molecule has 5 rings (SSSR count). The molecule has 1 atom stereocenters. The quantitative estimate of drug-likeness (QED) is 0.463. The van der Waals surface area contributed by atoms with Crippen LogP contribution < -0.4 is 15.1 Å². The van der Waals surface area contributed by atoms with Gasteiger partial charge in [0.1, 0.15) is 24.5 Å². The van der Waals surface area contributed by atoms with Crippen LogP contribution >= 0.6 is 0 Å². The van der Waals surface area contributed by atoms with E-state index in [4.69, 9.17) is 0 Å². The van der Waals surface area contributed by atoms with E-state index in [1.165, 1.54) is 11.1 Å². The van der Waals surface area contributed by atoms with E-state index in [-0.39, 0.29) is 18.5 Å². The molecule has 3 aromatic heterocycles. The van der Waals surface area contributed by atoms with Crippen molar-refractivity contribution in [1.29, 1.82) is 0 Å². The number of fused-ring (bicyclic) bond motifs is 1. The zero-order valence-corrected chi connectivity index (χ0v) is 20.3. The van der Waals surface area contributed by atoms with Gasteiger partial charge in [-0.3, -0.25) is 4.79 Å². The van der Waals surface area contributed by atoms with Crippen molar-refractivity contribution in [3.8, 4) is 0 Å². The highest BCUT2D eigenvalue weighted by Crippen LogP contribution is 2.25. The van der Waals surface area contributed by atoms with Crippen molar-refractivity contribution in [3.63, 3.8) is 0 Å². The molecule has 180 valence electrons. The van der Waals surface area contributed by atoms with Crippen LogP contribution in [0.25, 0.3) is 11.0 Å². The van der Waals surface area contributed by atoms with Crippen molar-refractivity contribution >= 4 is 28.6 Å². The van der Waals surface area contributed by atoms with Crippen molar-refractivity contribution in [2.24, 2.45) is 0 Å². The summed E-state index contributed by atoms with van der Waals surface area (Å²) in [5, 5.41) is 8.40. The summed E-state index contributed by atoms with van der Waals surface area (Å²) in [6.45, 7) is 9.62. The number of carbonyl (C=O) groups excluding carboxylic acids is 1. The Morgan fingerprint density at radius 3 is 2.54 bits per heavy atom. The normalized spacial score (nSPS) is 14.8. The average Bonchev–Trinajstić information content (AvgIpc) is 3.29. The SMILES string of the molecule is Cc1ccc([C@H](C)NC(=O)Cn2ncc3c(N4CCN(c5ccccn5)CC4)ncnc32)cc1C. The minimum atomic E-state index is -0.107. The maximum absolute atomic E-state index is 12.8. The van der Waals surface area contributed by atoms with Crippen LogP contribution in [-0.4, -0.2) is 56.8 Å². The fourth-order valence-electron chi connectivity index (χ4n) is 4.48. The molecule has 0 spiro atoms. The van der Waals surface area contributed by atoms with E-state index in [0.717, 1.165) is 48.8 Å². The summed E-state index contributed by atoms with van der Waals surface area (Å²) >= 11 is 0. The minimum absolute atomic E-state index is 0.0933. The molecule has 4 heterocycles. The Morgan fingerprint density at radius 2 is 1.80 bits per heavy atom. The summed E-state index contributed by atoms with van der Waals surface area (Å²) in [4.78, 5) is 30.8. The van der Waals surface area contributed by atoms with Crippen molar-refractivity contribution in [1.82, 2.24) is 30.0 Å². The zero-order chi connectivity index (χ0) is 24.4. The Bertz CT molecular complexity index is 1330. The smallest absolute Gasteiger partial charge is 0.242 e. The highest BCUT2D eigenvalue weighted by Gasteiger charge is 2.22. The van der Waals surface area contributed by atoms with E-state index < -0.39 is 0 Å². The van der Waals surface area contributed by atoms with Gasteiger partial charge in [0.15, 0.2) is 5.65 Å². The van der Waals surface area contributed by atoms with Crippen LogP contribution in [0.4, 0.5) is 11.6 Å². The minimum Gasteiger partial charge on any atom is -0.353 e. The van der Waals surface area contributed by atoms with E-state index in [2.05, 4.69) is 67.2 Å². The Kier molecular flexibility index (Phi) is 6.31. The second-order valence-corrected chi connectivity index (χ2v) is 9.03. The highest BCUT2D eigenvalue weighted by molar-refractivity contribution is 5.88. The second kappa shape index (κ2) is 9.69. The van der Waals surface area contributed by atoms with E-state index in [1.54, 1.807) is 17.2 Å². The third-order valence-corrected chi connectivity index (χ3v) is 6.67. The molecule has 1 aromatic carbocycles. The van der Waals surface area contributed by atoms with Crippen molar-refractivity contribution < 1.29 is 4.79 Å². The highest BCUT2D eigenvalue weighted by atomic mass is 16.2. The number of carbonyl (C=O) groups is 1. The number of hydrogen-bond donors (Lipinski definition) is 1. The predicted octanol–water partition coefficient (Wildman–Crippen LogP) is 3.04. The topological polar surface area (TPSA) is 92.1 Å². The molecule has 35 heavy (non-hydrogen) atoms. The standard InChI is InChI=1S/C26H30N8O/c1-18-7-8-21(14-19(18)2)20(3)31-24(35)16-34-26-22(15-30-34)25(28-17-29-26)33-12-10-32(11-13-33)23-6-4-5-9-27-23/h4-9,14-15,17,20H,10-13,16H2,1-3H3,(H,31,35)/t20-/m0/s1. The molecule has 0 saturated carbocycles. The van der Waals surface area contributed by atoms with Crippen LogP contribution in [-0.2, 0) is 11.3 Å². The molecule has 9 nitrogen and oxygen atoms in total. The summed E-state index contributed by atoms with van der Waals surface area (Å²) in [5.74, 6) is 1.74. The lowest BCUT2D eigenvalue weighted by atomic mass is 10.0. The Morgan fingerprint density at radius 1 is 1.00 bits per heavy atom. The van der Waals surface area contributed by atoms with Crippen molar-refractivity contribution in [2.75, 3.05) is 36.0 Å². The maximum Gasteiger partial charge on any atom is 0.242 e. The van der Waals surface area contributed by atoms with Crippen LogP contribution in [0.5, 0.6) is 0 Å². The van der Waals surface area contributed by atoms with Gasteiger partial charge in [0.2, 0.25) is 5.91 Å². The number of nitrogens with one attached hydrogen (secondary N) is 1. The lowest BCUT2D eigenvalue weighted by molar-refractivity contribution is -0.122. The van der Waals surface area contributed by atoms with Gasteiger partial charge in [-0.15, -0.1) is 0 Å².